The lowest BCUT2D eigenvalue weighted by molar-refractivity contribution is 0.102. The Labute approximate surface area is 165 Å². The van der Waals surface area contributed by atoms with Crippen LogP contribution in [0.25, 0.3) is 0 Å². The van der Waals surface area contributed by atoms with E-state index in [9.17, 15) is 10.1 Å². The van der Waals surface area contributed by atoms with Gasteiger partial charge in [-0.05, 0) is 64.8 Å². The second-order valence-corrected chi connectivity index (χ2v) is 7.58. The molecule has 0 spiro atoms. The number of hydrogen-bond donors (Lipinski definition) is 1. The number of carbonyl (C=O) groups excluding carboxylic acids is 1. The van der Waals surface area contributed by atoms with E-state index >= 15 is 0 Å². The number of anilines is 1. The summed E-state index contributed by atoms with van der Waals surface area (Å²) in [4.78, 5) is 14.4. The Morgan fingerprint density at radius 3 is 2.46 bits per heavy atom. The van der Waals surface area contributed by atoms with Gasteiger partial charge in [-0.25, -0.2) is 0 Å². The molecule has 3 nitrogen and oxygen atoms in total. The van der Waals surface area contributed by atoms with Crippen LogP contribution >= 0.6 is 27.7 Å². The number of nitrogens with one attached hydrogen (secondary N) is 1. The number of nitriles is 1. The zero-order chi connectivity index (χ0) is 18.5. The molecule has 0 atom stereocenters. The molecule has 1 amide bonds. The molecular formula is C21H15BrN2OS. The first-order chi connectivity index (χ1) is 12.6. The molecule has 0 fully saturated rings. The van der Waals surface area contributed by atoms with E-state index in [0.29, 0.717) is 11.1 Å². The average Bonchev–Trinajstić information content (AvgIpc) is 2.65. The highest BCUT2D eigenvalue weighted by Crippen LogP contribution is 2.33. The van der Waals surface area contributed by atoms with Gasteiger partial charge in [0.15, 0.2) is 0 Å². The first-order valence-electron chi connectivity index (χ1n) is 7.92. The number of hydrogen-bond acceptors (Lipinski definition) is 3. The fraction of sp³-hybridized carbons (Fsp3) is 0.0476. The van der Waals surface area contributed by atoms with E-state index in [0.717, 1.165) is 25.5 Å². The Morgan fingerprint density at radius 1 is 1.04 bits per heavy atom. The number of halogens is 1. The van der Waals surface area contributed by atoms with Crippen LogP contribution in [0.5, 0.6) is 0 Å². The minimum absolute atomic E-state index is 0.188. The molecule has 0 saturated heterocycles. The molecule has 128 valence electrons. The molecule has 3 rings (SSSR count). The van der Waals surface area contributed by atoms with Crippen LogP contribution in [0.2, 0.25) is 0 Å². The first kappa shape index (κ1) is 18.2. The molecule has 26 heavy (non-hydrogen) atoms. The largest absolute Gasteiger partial charge is 0.321 e. The number of benzene rings is 3. The van der Waals surface area contributed by atoms with Crippen molar-refractivity contribution in [2.75, 3.05) is 5.32 Å². The Bertz CT molecular complexity index is 1010. The van der Waals surface area contributed by atoms with E-state index in [2.05, 4.69) is 27.3 Å². The maximum Gasteiger partial charge on any atom is 0.256 e. The van der Waals surface area contributed by atoms with Crippen LogP contribution in [-0.4, -0.2) is 5.91 Å². The van der Waals surface area contributed by atoms with Gasteiger partial charge in [0.25, 0.3) is 5.91 Å². The fourth-order valence-corrected chi connectivity index (χ4v) is 4.04. The van der Waals surface area contributed by atoms with Gasteiger partial charge in [-0.2, -0.15) is 5.26 Å². The SMILES string of the molecule is Cc1ccc(NC(=O)c2ccccc2Sc2ccccc2C#N)c(Br)c1. The number of amides is 1. The van der Waals surface area contributed by atoms with Gasteiger partial charge in [0.2, 0.25) is 0 Å². The molecule has 0 radical (unpaired) electrons. The molecule has 3 aromatic carbocycles. The summed E-state index contributed by atoms with van der Waals surface area (Å²) in [5.41, 5.74) is 2.99. The summed E-state index contributed by atoms with van der Waals surface area (Å²) in [5, 5.41) is 12.2. The molecule has 1 N–H and O–H groups in total. The van der Waals surface area contributed by atoms with Crippen molar-refractivity contribution in [1.29, 1.82) is 5.26 Å². The summed E-state index contributed by atoms with van der Waals surface area (Å²) in [6.07, 6.45) is 0. The molecule has 0 heterocycles. The van der Waals surface area contributed by atoms with Crippen molar-refractivity contribution in [1.82, 2.24) is 0 Å². The second-order valence-electron chi connectivity index (χ2n) is 5.64. The zero-order valence-corrected chi connectivity index (χ0v) is 16.4. The highest BCUT2D eigenvalue weighted by Gasteiger charge is 2.14. The van der Waals surface area contributed by atoms with Crippen molar-refractivity contribution in [3.63, 3.8) is 0 Å². The quantitative estimate of drug-likeness (QED) is 0.557. The van der Waals surface area contributed by atoms with Crippen molar-refractivity contribution in [3.05, 3.63) is 87.9 Å². The van der Waals surface area contributed by atoms with Crippen molar-refractivity contribution >= 4 is 39.3 Å². The van der Waals surface area contributed by atoms with Gasteiger partial charge in [0.05, 0.1) is 16.8 Å². The third kappa shape index (κ3) is 4.16. The van der Waals surface area contributed by atoms with E-state index in [1.54, 1.807) is 12.1 Å². The number of aryl methyl sites for hydroxylation is 1. The Balaban J connectivity index is 1.89. The Morgan fingerprint density at radius 2 is 1.73 bits per heavy atom. The maximum absolute atomic E-state index is 12.8. The van der Waals surface area contributed by atoms with Gasteiger partial charge < -0.3 is 5.32 Å². The standard InChI is InChI=1S/C21H15BrN2OS/c1-14-10-11-18(17(22)12-14)24-21(25)16-7-3-5-9-20(16)26-19-8-4-2-6-15(19)13-23/h2-12H,1H3,(H,24,25). The van der Waals surface area contributed by atoms with E-state index in [1.807, 2.05) is 61.5 Å². The Kier molecular flexibility index (Phi) is 5.77. The Hall–Kier alpha value is -2.55. The van der Waals surface area contributed by atoms with Crippen molar-refractivity contribution in [2.24, 2.45) is 0 Å². The number of carbonyl (C=O) groups is 1. The van der Waals surface area contributed by atoms with E-state index < -0.39 is 0 Å². The van der Waals surface area contributed by atoms with E-state index in [-0.39, 0.29) is 5.91 Å². The van der Waals surface area contributed by atoms with Gasteiger partial charge in [-0.3, -0.25) is 4.79 Å². The van der Waals surface area contributed by atoms with Crippen molar-refractivity contribution in [2.45, 2.75) is 16.7 Å². The summed E-state index contributed by atoms with van der Waals surface area (Å²) < 4.78 is 0.839. The lowest BCUT2D eigenvalue weighted by Crippen LogP contribution is -2.13. The van der Waals surface area contributed by atoms with Crippen molar-refractivity contribution < 1.29 is 4.79 Å². The molecule has 3 aromatic rings. The predicted molar refractivity (Wildman–Crippen MR) is 109 cm³/mol. The van der Waals surface area contributed by atoms with Gasteiger partial charge in [-0.1, -0.05) is 42.1 Å². The summed E-state index contributed by atoms with van der Waals surface area (Å²) >= 11 is 4.90. The lowest BCUT2D eigenvalue weighted by atomic mass is 10.2. The summed E-state index contributed by atoms with van der Waals surface area (Å²) in [6.45, 7) is 1.99. The van der Waals surface area contributed by atoms with Crippen LogP contribution in [0.1, 0.15) is 21.5 Å². The monoisotopic (exact) mass is 422 g/mol. The molecule has 0 aliphatic heterocycles. The summed E-state index contributed by atoms with van der Waals surface area (Å²) in [5.74, 6) is -0.188. The smallest absolute Gasteiger partial charge is 0.256 e. The van der Waals surface area contributed by atoms with Crippen LogP contribution < -0.4 is 5.32 Å². The number of nitrogens with zero attached hydrogens (tertiary/aromatic N) is 1. The highest BCUT2D eigenvalue weighted by molar-refractivity contribution is 9.10. The van der Waals surface area contributed by atoms with E-state index in [1.165, 1.54) is 11.8 Å². The van der Waals surface area contributed by atoms with Crippen LogP contribution in [0.3, 0.4) is 0 Å². The normalized spacial score (nSPS) is 10.2. The summed E-state index contributed by atoms with van der Waals surface area (Å²) in [6, 6.07) is 22.7. The lowest BCUT2D eigenvalue weighted by Gasteiger charge is -2.12. The molecule has 0 bridgehead atoms. The van der Waals surface area contributed by atoms with Gasteiger partial charge in [-0.15, -0.1) is 0 Å². The minimum Gasteiger partial charge on any atom is -0.321 e. The molecular weight excluding hydrogens is 408 g/mol. The van der Waals surface area contributed by atoms with Crippen molar-refractivity contribution in [3.8, 4) is 6.07 Å². The second kappa shape index (κ2) is 8.22. The molecule has 5 heteroatoms. The van der Waals surface area contributed by atoms with Gasteiger partial charge >= 0.3 is 0 Å². The van der Waals surface area contributed by atoms with Crippen LogP contribution in [0.15, 0.2) is 81.0 Å². The summed E-state index contributed by atoms with van der Waals surface area (Å²) in [7, 11) is 0. The molecule has 0 aliphatic carbocycles. The predicted octanol–water partition coefficient (Wildman–Crippen LogP) is 6.03. The fourth-order valence-electron chi connectivity index (χ4n) is 2.42. The van der Waals surface area contributed by atoms with Gasteiger partial charge in [0, 0.05) is 14.3 Å². The average molecular weight is 423 g/mol. The van der Waals surface area contributed by atoms with Crippen LogP contribution in [-0.2, 0) is 0 Å². The molecule has 0 aliphatic rings. The molecule has 0 unspecified atom stereocenters. The third-order valence-electron chi connectivity index (χ3n) is 3.73. The van der Waals surface area contributed by atoms with Crippen LogP contribution in [0.4, 0.5) is 5.69 Å². The molecule has 0 saturated carbocycles. The minimum atomic E-state index is -0.188. The molecule has 0 aromatic heterocycles. The number of rotatable bonds is 4. The first-order valence-corrected chi connectivity index (χ1v) is 9.53. The highest BCUT2D eigenvalue weighted by atomic mass is 79.9. The third-order valence-corrected chi connectivity index (χ3v) is 5.54. The topological polar surface area (TPSA) is 52.9 Å². The maximum atomic E-state index is 12.8. The zero-order valence-electron chi connectivity index (χ0n) is 14.0. The van der Waals surface area contributed by atoms with E-state index in [4.69, 9.17) is 0 Å². The van der Waals surface area contributed by atoms with Gasteiger partial charge in [0.1, 0.15) is 6.07 Å². The van der Waals surface area contributed by atoms with Crippen LogP contribution in [0, 0.1) is 18.3 Å².